The summed E-state index contributed by atoms with van der Waals surface area (Å²) in [5, 5.41) is 18.6. The number of amides is 1. The van der Waals surface area contributed by atoms with Crippen LogP contribution in [-0.2, 0) is 9.59 Å². The van der Waals surface area contributed by atoms with E-state index in [0.717, 1.165) is 11.8 Å². The smallest absolute Gasteiger partial charge is 0.343 e. The van der Waals surface area contributed by atoms with Crippen molar-refractivity contribution in [3.63, 3.8) is 0 Å². The van der Waals surface area contributed by atoms with Gasteiger partial charge in [0.1, 0.15) is 11.0 Å². The molecule has 2 aromatic rings. The fourth-order valence-corrected chi connectivity index (χ4v) is 3.86. The number of benzene rings is 2. The number of ether oxygens (including phenoxy) is 3. The van der Waals surface area contributed by atoms with Crippen molar-refractivity contribution in [3.8, 4) is 17.2 Å². The molecule has 0 aliphatic carbocycles. The molecule has 0 spiro atoms. The highest BCUT2D eigenvalue weighted by atomic mass is 35.5. The van der Waals surface area contributed by atoms with Gasteiger partial charge in [0, 0.05) is 5.56 Å². The van der Waals surface area contributed by atoms with Gasteiger partial charge >= 0.3 is 11.9 Å². The van der Waals surface area contributed by atoms with Crippen molar-refractivity contribution in [3.05, 3.63) is 52.5 Å². The van der Waals surface area contributed by atoms with E-state index in [1.54, 1.807) is 30.3 Å². The van der Waals surface area contributed by atoms with Gasteiger partial charge in [-0.3, -0.25) is 9.59 Å². The minimum atomic E-state index is -1.08. The van der Waals surface area contributed by atoms with Crippen LogP contribution in [0.5, 0.6) is 17.2 Å². The number of esters is 1. The molecule has 1 amide bonds. The molecule has 1 fully saturated rings. The number of aliphatic carboxylic acids is 1. The van der Waals surface area contributed by atoms with E-state index in [9.17, 15) is 14.4 Å². The number of carbonyl (C=O) groups is 3. The van der Waals surface area contributed by atoms with Gasteiger partial charge in [-0.25, -0.2) is 4.79 Å². The quantitative estimate of drug-likeness (QED) is 0.249. The maximum absolute atomic E-state index is 12.5. The fraction of sp³-hybridized carbons (Fsp3) is 0.190. The van der Waals surface area contributed by atoms with Crippen molar-refractivity contribution in [2.24, 2.45) is 10.2 Å². The van der Waals surface area contributed by atoms with Gasteiger partial charge < -0.3 is 24.6 Å². The highest BCUT2D eigenvalue weighted by molar-refractivity contribution is 8.15. The predicted molar refractivity (Wildman–Crippen MR) is 123 cm³/mol. The van der Waals surface area contributed by atoms with E-state index in [0.29, 0.717) is 16.9 Å². The number of carboxylic acid groups (broad SMARTS) is 1. The van der Waals surface area contributed by atoms with Gasteiger partial charge in [0.15, 0.2) is 16.7 Å². The molecule has 1 atom stereocenters. The summed E-state index contributed by atoms with van der Waals surface area (Å²) in [6.07, 6.45) is 1.04. The van der Waals surface area contributed by atoms with Gasteiger partial charge in [0.05, 0.1) is 37.4 Å². The third-order valence-electron chi connectivity index (χ3n) is 4.26. The highest BCUT2D eigenvalue weighted by Crippen LogP contribution is 2.36. The maximum Gasteiger partial charge on any atom is 0.343 e. The molecule has 33 heavy (non-hydrogen) atoms. The summed E-state index contributed by atoms with van der Waals surface area (Å²) in [5.41, 5.74) is 0.787. The summed E-state index contributed by atoms with van der Waals surface area (Å²) >= 11 is 7.27. The van der Waals surface area contributed by atoms with Crippen LogP contribution in [0.25, 0.3) is 0 Å². The van der Waals surface area contributed by atoms with Gasteiger partial charge in [0.2, 0.25) is 5.91 Å². The summed E-state index contributed by atoms with van der Waals surface area (Å²) in [4.78, 5) is 35.0. The van der Waals surface area contributed by atoms with Crippen LogP contribution in [0.15, 0.2) is 46.6 Å². The number of thioether (sulfide) groups is 1. The van der Waals surface area contributed by atoms with E-state index >= 15 is 0 Å². The third-order valence-corrected chi connectivity index (χ3v) is 5.62. The molecule has 2 aromatic carbocycles. The van der Waals surface area contributed by atoms with Gasteiger partial charge in [-0.2, -0.15) is 5.10 Å². The van der Waals surface area contributed by atoms with Crippen LogP contribution < -0.4 is 19.5 Å². The Morgan fingerprint density at radius 1 is 1.21 bits per heavy atom. The molecule has 0 unspecified atom stereocenters. The fourth-order valence-electron chi connectivity index (χ4n) is 2.69. The molecule has 3 rings (SSSR count). The number of carboxylic acids is 1. The number of hydrogen-bond donors (Lipinski definition) is 2. The second-order valence-electron chi connectivity index (χ2n) is 6.50. The Hall–Kier alpha value is -3.57. The first-order valence-corrected chi connectivity index (χ1v) is 10.6. The number of amidine groups is 1. The average molecular weight is 492 g/mol. The van der Waals surface area contributed by atoms with E-state index in [1.165, 1.54) is 26.5 Å². The second-order valence-corrected chi connectivity index (χ2v) is 8.09. The molecule has 1 aliphatic rings. The van der Waals surface area contributed by atoms with Gasteiger partial charge in [-0.05, 0) is 36.4 Å². The Kier molecular flexibility index (Phi) is 7.91. The standard InChI is InChI=1S/C21H18ClN3O7S/c1-30-13-5-3-12(4-6-13)20(29)32-18-14(22)7-11(8-15(18)31-2)10-23-25-21-24-19(28)16(33-21)9-17(26)27/h3-8,10,16H,9H2,1-2H3,(H,26,27)(H,24,25,28)/b23-10-/t16-/m1/s1. The average Bonchev–Trinajstić information content (AvgIpc) is 3.13. The van der Waals surface area contributed by atoms with E-state index in [-0.39, 0.29) is 28.1 Å². The Morgan fingerprint density at radius 3 is 2.58 bits per heavy atom. The van der Waals surface area contributed by atoms with Crippen molar-refractivity contribution >= 4 is 52.6 Å². The summed E-state index contributed by atoms with van der Waals surface area (Å²) in [6, 6.07) is 9.42. The Bertz CT molecular complexity index is 1140. The number of nitrogens with one attached hydrogen (secondary N) is 1. The van der Waals surface area contributed by atoms with Crippen LogP contribution >= 0.6 is 23.4 Å². The molecule has 2 N–H and O–H groups in total. The molecule has 1 heterocycles. The molecule has 10 nitrogen and oxygen atoms in total. The molecule has 12 heteroatoms. The van der Waals surface area contributed by atoms with Crippen LogP contribution in [0, 0.1) is 0 Å². The van der Waals surface area contributed by atoms with Crippen molar-refractivity contribution in [2.45, 2.75) is 11.7 Å². The van der Waals surface area contributed by atoms with Crippen LogP contribution in [-0.4, -0.2) is 53.8 Å². The number of carbonyl (C=O) groups excluding carboxylic acids is 2. The van der Waals surface area contributed by atoms with E-state index in [1.807, 2.05) is 0 Å². The number of halogens is 1. The second kappa shape index (κ2) is 10.8. The Labute approximate surface area is 197 Å². The van der Waals surface area contributed by atoms with Crippen LogP contribution in [0.1, 0.15) is 22.3 Å². The molecule has 172 valence electrons. The zero-order valence-corrected chi connectivity index (χ0v) is 19.0. The summed E-state index contributed by atoms with van der Waals surface area (Å²) in [7, 11) is 2.92. The zero-order chi connectivity index (χ0) is 24.0. The first kappa shape index (κ1) is 24.1. The topological polar surface area (TPSA) is 136 Å². The van der Waals surface area contributed by atoms with Crippen molar-refractivity contribution in [2.75, 3.05) is 14.2 Å². The maximum atomic E-state index is 12.5. The number of hydrogen-bond acceptors (Lipinski definition) is 9. The molecular weight excluding hydrogens is 474 g/mol. The lowest BCUT2D eigenvalue weighted by atomic mass is 10.2. The van der Waals surface area contributed by atoms with Gasteiger partial charge in [0.25, 0.3) is 0 Å². The summed E-state index contributed by atoms with van der Waals surface area (Å²) in [6.45, 7) is 0. The molecule has 1 aliphatic heterocycles. The largest absolute Gasteiger partial charge is 0.497 e. The van der Waals surface area contributed by atoms with E-state index in [2.05, 4.69) is 15.5 Å². The predicted octanol–water partition coefficient (Wildman–Crippen LogP) is 2.97. The zero-order valence-electron chi connectivity index (χ0n) is 17.4. The summed E-state index contributed by atoms with van der Waals surface area (Å²) in [5.74, 6) is -1.31. The van der Waals surface area contributed by atoms with Crippen molar-refractivity contribution in [1.82, 2.24) is 5.32 Å². The first-order valence-electron chi connectivity index (χ1n) is 9.34. The van der Waals surface area contributed by atoms with Crippen molar-refractivity contribution in [1.29, 1.82) is 0 Å². The molecule has 0 saturated carbocycles. The Morgan fingerprint density at radius 2 is 1.94 bits per heavy atom. The Balaban J connectivity index is 1.72. The molecule has 0 aromatic heterocycles. The normalized spacial score (nSPS) is 16.6. The van der Waals surface area contributed by atoms with Crippen LogP contribution in [0.2, 0.25) is 5.02 Å². The summed E-state index contributed by atoms with van der Waals surface area (Å²) < 4.78 is 15.8. The van der Waals surface area contributed by atoms with Crippen molar-refractivity contribution < 1.29 is 33.7 Å². The van der Waals surface area contributed by atoms with Crippen LogP contribution in [0.4, 0.5) is 0 Å². The lowest BCUT2D eigenvalue weighted by Crippen LogP contribution is -2.26. The minimum Gasteiger partial charge on any atom is -0.497 e. The van der Waals surface area contributed by atoms with Crippen LogP contribution in [0.3, 0.4) is 0 Å². The molecule has 1 saturated heterocycles. The lowest BCUT2D eigenvalue weighted by molar-refractivity contribution is -0.138. The number of nitrogens with zero attached hydrogens (tertiary/aromatic N) is 2. The van der Waals surface area contributed by atoms with Gasteiger partial charge in [-0.15, -0.1) is 5.10 Å². The van der Waals surface area contributed by atoms with E-state index < -0.39 is 23.1 Å². The SMILES string of the molecule is COc1ccc(C(=O)Oc2c(Cl)cc(/C=N\N=C3\NC(=O)[C@@H](CC(=O)O)S3)cc2OC)cc1. The lowest BCUT2D eigenvalue weighted by Gasteiger charge is -2.12. The monoisotopic (exact) mass is 491 g/mol. The first-order chi connectivity index (χ1) is 15.8. The van der Waals surface area contributed by atoms with E-state index in [4.69, 9.17) is 30.9 Å². The minimum absolute atomic E-state index is 0.0403. The highest BCUT2D eigenvalue weighted by Gasteiger charge is 2.32. The third kappa shape index (κ3) is 6.24. The van der Waals surface area contributed by atoms with Gasteiger partial charge in [-0.1, -0.05) is 23.4 Å². The number of rotatable bonds is 8. The number of methoxy groups -OCH3 is 2. The molecule has 0 radical (unpaired) electrons. The molecule has 0 bridgehead atoms. The molecular formula is C21H18ClN3O7S.